The molecule has 0 saturated carbocycles. The summed E-state index contributed by atoms with van der Waals surface area (Å²) < 4.78 is 0. The highest BCUT2D eigenvalue weighted by Gasteiger charge is 2.12. The van der Waals surface area contributed by atoms with Gasteiger partial charge in [0.05, 0.1) is 11.9 Å². The van der Waals surface area contributed by atoms with Crippen molar-refractivity contribution in [1.29, 1.82) is 0 Å². The average Bonchev–Trinajstić information content (AvgIpc) is 2.30. The molecule has 1 atom stereocenters. The van der Waals surface area contributed by atoms with Gasteiger partial charge in [-0.05, 0) is 30.7 Å². The van der Waals surface area contributed by atoms with Gasteiger partial charge in [0.15, 0.2) is 0 Å². The van der Waals surface area contributed by atoms with E-state index in [4.69, 9.17) is 5.11 Å². The third-order valence-electron chi connectivity index (χ3n) is 2.54. The molecule has 0 spiro atoms. The van der Waals surface area contributed by atoms with Crippen molar-refractivity contribution in [2.45, 2.75) is 25.4 Å². The van der Waals surface area contributed by atoms with E-state index in [-0.39, 0.29) is 5.75 Å². The Labute approximate surface area is 94.3 Å². The molecule has 2 heterocycles. The zero-order chi connectivity index (χ0) is 10.5. The van der Waals surface area contributed by atoms with E-state index < -0.39 is 0 Å². The molecule has 15 heavy (non-hydrogen) atoms. The highest BCUT2D eigenvalue weighted by atomic mass is 32.2. The Morgan fingerprint density at radius 1 is 1.53 bits per heavy atom. The molecule has 2 N–H and O–H groups in total. The monoisotopic (exact) mass is 224 g/mol. The van der Waals surface area contributed by atoms with Crippen molar-refractivity contribution in [3.63, 3.8) is 0 Å². The van der Waals surface area contributed by atoms with Crippen molar-refractivity contribution >= 4 is 11.8 Å². The molecule has 82 valence electrons. The van der Waals surface area contributed by atoms with Crippen molar-refractivity contribution in [3.05, 3.63) is 24.0 Å². The topological polar surface area (TPSA) is 45.1 Å². The molecule has 0 radical (unpaired) electrons. The molecular weight excluding hydrogens is 208 g/mol. The molecule has 0 amide bonds. The van der Waals surface area contributed by atoms with E-state index in [1.165, 1.54) is 30.5 Å². The first-order chi connectivity index (χ1) is 7.34. The highest BCUT2D eigenvalue weighted by molar-refractivity contribution is 7.99. The minimum atomic E-state index is 0.229. The van der Waals surface area contributed by atoms with Gasteiger partial charge in [0.1, 0.15) is 5.75 Å². The second kappa shape index (κ2) is 5.37. The van der Waals surface area contributed by atoms with E-state index >= 15 is 0 Å². The number of rotatable bonds is 3. The zero-order valence-electron chi connectivity index (χ0n) is 8.65. The van der Waals surface area contributed by atoms with E-state index in [1.807, 2.05) is 17.8 Å². The van der Waals surface area contributed by atoms with E-state index in [2.05, 4.69) is 10.3 Å². The molecule has 0 aromatic carbocycles. The van der Waals surface area contributed by atoms with Crippen molar-refractivity contribution in [3.8, 4) is 5.75 Å². The molecule has 0 aliphatic carbocycles. The van der Waals surface area contributed by atoms with Crippen molar-refractivity contribution < 1.29 is 5.11 Å². The molecule has 1 aromatic rings. The summed E-state index contributed by atoms with van der Waals surface area (Å²) in [7, 11) is 0. The van der Waals surface area contributed by atoms with E-state index in [0.29, 0.717) is 6.04 Å². The molecule has 1 aliphatic rings. The number of hydrogen-bond donors (Lipinski definition) is 2. The van der Waals surface area contributed by atoms with Crippen LogP contribution in [0.1, 0.15) is 18.5 Å². The first kappa shape index (κ1) is 10.8. The molecular formula is C11H16N2OS. The van der Waals surface area contributed by atoms with Gasteiger partial charge in [0.25, 0.3) is 0 Å². The second-order valence-electron chi connectivity index (χ2n) is 3.80. The number of nitrogens with zero attached hydrogens (tertiary/aromatic N) is 1. The summed E-state index contributed by atoms with van der Waals surface area (Å²) in [6.45, 7) is 0.797. The lowest BCUT2D eigenvalue weighted by Gasteiger charge is -2.22. The van der Waals surface area contributed by atoms with Crippen LogP contribution in [0.25, 0.3) is 0 Å². The number of pyridine rings is 1. The summed E-state index contributed by atoms with van der Waals surface area (Å²) in [6.07, 6.45) is 4.07. The Kier molecular flexibility index (Phi) is 3.86. The maximum Gasteiger partial charge on any atom is 0.133 e. The zero-order valence-corrected chi connectivity index (χ0v) is 9.46. The Hall–Kier alpha value is -0.740. The van der Waals surface area contributed by atoms with Crippen LogP contribution in [-0.2, 0) is 6.54 Å². The lowest BCUT2D eigenvalue weighted by molar-refractivity contribution is 0.470. The molecule has 0 bridgehead atoms. The SMILES string of the molecule is Oc1ccc(CNC2CCCSC2)nc1. The van der Waals surface area contributed by atoms with Crippen LogP contribution in [0, 0.1) is 0 Å². The fraction of sp³-hybridized carbons (Fsp3) is 0.545. The predicted octanol–water partition coefficient (Wildman–Crippen LogP) is 1.77. The normalized spacial score (nSPS) is 21.5. The van der Waals surface area contributed by atoms with Gasteiger partial charge in [-0.25, -0.2) is 0 Å². The van der Waals surface area contributed by atoms with Gasteiger partial charge in [-0.2, -0.15) is 11.8 Å². The van der Waals surface area contributed by atoms with Crippen molar-refractivity contribution in [2.24, 2.45) is 0 Å². The molecule has 1 aliphatic heterocycles. The lowest BCUT2D eigenvalue weighted by Crippen LogP contribution is -2.33. The molecule has 2 rings (SSSR count). The number of aromatic hydroxyl groups is 1. The molecule has 3 nitrogen and oxygen atoms in total. The van der Waals surface area contributed by atoms with Crippen LogP contribution >= 0.6 is 11.8 Å². The molecule has 1 saturated heterocycles. The summed E-state index contributed by atoms with van der Waals surface area (Å²) >= 11 is 2.02. The minimum absolute atomic E-state index is 0.229. The van der Waals surface area contributed by atoms with Gasteiger partial charge >= 0.3 is 0 Å². The minimum Gasteiger partial charge on any atom is -0.506 e. The lowest BCUT2D eigenvalue weighted by atomic mass is 10.2. The molecule has 4 heteroatoms. The Balaban J connectivity index is 1.79. The smallest absolute Gasteiger partial charge is 0.133 e. The van der Waals surface area contributed by atoms with Gasteiger partial charge in [-0.3, -0.25) is 4.98 Å². The van der Waals surface area contributed by atoms with Crippen LogP contribution in [-0.4, -0.2) is 27.6 Å². The summed E-state index contributed by atoms with van der Waals surface area (Å²) in [5.74, 6) is 2.74. The van der Waals surface area contributed by atoms with Gasteiger partial charge in [0, 0.05) is 18.3 Å². The average molecular weight is 224 g/mol. The van der Waals surface area contributed by atoms with Crippen molar-refractivity contribution in [1.82, 2.24) is 10.3 Å². The first-order valence-corrected chi connectivity index (χ1v) is 6.45. The summed E-state index contributed by atoms with van der Waals surface area (Å²) in [6, 6.07) is 4.16. The number of thioether (sulfide) groups is 1. The predicted molar refractivity (Wildman–Crippen MR) is 63.1 cm³/mol. The van der Waals surface area contributed by atoms with Crippen LogP contribution in [0.2, 0.25) is 0 Å². The van der Waals surface area contributed by atoms with Crippen molar-refractivity contribution in [2.75, 3.05) is 11.5 Å². The van der Waals surface area contributed by atoms with Crippen LogP contribution in [0.15, 0.2) is 18.3 Å². The van der Waals surface area contributed by atoms with Crippen LogP contribution < -0.4 is 5.32 Å². The summed E-state index contributed by atoms with van der Waals surface area (Å²) in [5.41, 5.74) is 0.989. The highest BCUT2D eigenvalue weighted by Crippen LogP contribution is 2.17. The standard InChI is InChI=1S/C11H16N2OS/c14-11-4-3-9(13-7-11)6-12-10-2-1-5-15-8-10/h3-4,7,10,12,14H,1-2,5-6,8H2. The fourth-order valence-electron chi connectivity index (χ4n) is 1.67. The maximum absolute atomic E-state index is 9.09. The third-order valence-corrected chi connectivity index (χ3v) is 3.76. The summed E-state index contributed by atoms with van der Waals surface area (Å²) in [5, 5.41) is 12.6. The Morgan fingerprint density at radius 2 is 2.47 bits per heavy atom. The third kappa shape index (κ3) is 3.39. The van der Waals surface area contributed by atoms with E-state index in [1.54, 1.807) is 6.07 Å². The van der Waals surface area contributed by atoms with Gasteiger partial charge in [-0.15, -0.1) is 0 Å². The molecule has 1 unspecified atom stereocenters. The van der Waals surface area contributed by atoms with E-state index in [0.717, 1.165) is 12.2 Å². The molecule has 1 aromatic heterocycles. The maximum atomic E-state index is 9.09. The number of aromatic nitrogens is 1. The van der Waals surface area contributed by atoms with Crippen LogP contribution in [0.5, 0.6) is 5.75 Å². The van der Waals surface area contributed by atoms with Crippen LogP contribution in [0.3, 0.4) is 0 Å². The van der Waals surface area contributed by atoms with E-state index in [9.17, 15) is 0 Å². The number of hydrogen-bond acceptors (Lipinski definition) is 4. The number of nitrogens with one attached hydrogen (secondary N) is 1. The summed E-state index contributed by atoms with van der Waals surface area (Å²) in [4.78, 5) is 4.14. The van der Waals surface area contributed by atoms with Gasteiger partial charge in [0.2, 0.25) is 0 Å². The van der Waals surface area contributed by atoms with Gasteiger partial charge in [-0.1, -0.05) is 0 Å². The fourth-order valence-corrected chi connectivity index (χ4v) is 2.78. The van der Waals surface area contributed by atoms with Gasteiger partial charge < -0.3 is 10.4 Å². The quantitative estimate of drug-likeness (QED) is 0.821. The largest absolute Gasteiger partial charge is 0.506 e. The Morgan fingerprint density at radius 3 is 3.13 bits per heavy atom. The Bertz CT molecular complexity index is 296. The molecule has 1 fully saturated rings. The second-order valence-corrected chi connectivity index (χ2v) is 4.95. The van der Waals surface area contributed by atoms with Crippen LogP contribution in [0.4, 0.5) is 0 Å². The first-order valence-electron chi connectivity index (χ1n) is 5.29.